The second-order valence-electron chi connectivity index (χ2n) is 3.41. The van der Waals surface area contributed by atoms with Gasteiger partial charge in [0.25, 0.3) is 0 Å². The minimum Gasteiger partial charge on any atom is -0.314 e. The maximum atomic E-state index is 3.95. The Morgan fingerprint density at radius 3 is 2.25 bits per heavy atom. The third kappa shape index (κ3) is 3.69. The predicted octanol–water partition coefficient (Wildman–Crippen LogP) is 2.83. The van der Waals surface area contributed by atoms with Gasteiger partial charge in [0, 0.05) is 12.3 Å². The fraction of sp³-hybridized carbons (Fsp3) is 0.154. The van der Waals surface area contributed by atoms with Gasteiger partial charge in [0.1, 0.15) is 0 Å². The van der Waals surface area contributed by atoms with Crippen molar-refractivity contribution in [3.8, 4) is 0 Å². The van der Waals surface area contributed by atoms with Crippen molar-refractivity contribution >= 4 is 6.21 Å². The molecular formula is C13H14FeN2. The molecule has 3 rings (SSSR count). The van der Waals surface area contributed by atoms with E-state index >= 15 is 0 Å². The van der Waals surface area contributed by atoms with Crippen molar-refractivity contribution in [2.75, 3.05) is 0 Å². The average Bonchev–Trinajstić information content (AvgIpc) is 3.06. The number of nitrogens with zero attached hydrogens (tertiary/aromatic N) is 1. The maximum Gasteiger partial charge on any atom is 2.00 e. The van der Waals surface area contributed by atoms with Crippen molar-refractivity contribution in [2.24, 2.45) is 5.10 Å². The normalized spacial score (nSPS) is 16.9. The van der Waals surface area contributed by atoms with Gasteiger partial charge in [-0.15, -0.1) is 5.56 Å². The van der Waals surface area contributed by atoms with Gasteiger partial charge in [0.15, 0.2) is 0 Å². The molecule has 1 aliphatic rings. The number of hydrazone groups is 1. The van der Waals surface area contributed by atoms with E-state index in [2.05, 4.69) is 34.8 Å². The second-order valence-corrected chi connectivity index (χ2v) is 3.41. The van der Waals surface area contributed by atoms with E-state index in [0.29, 0.717) is 6.04 Å². The summed E-state index contributed by atoms with van der Waals surface area (Å²) in [5.41, 5.74) is 4.36. The topological polar surface area (TPSA) is 24.4 Å². The minimum atomic E-state index is 0. The van der Waals surface area contributed by atoms with Crippen LogP contribution in [0.5, 0.6) is 0 Å². The van der Waals surface area contributed by atoms with E-state index in [0.717, 1.165) is 6.42 Å². The predicted molar refractivity (Wildman–Crippen MR) is 63.1 cm³/mol. The van der Waals surface area contributed by atoms with Crippen LogP contribution in [0.4, 0.5) is 0 Å². The largest absolute Gasteiger partial charge is 2.00 e. The third-order valence-electron chi connectivity index (χ3n) is 2.31. The molecule has 84 valence electrons. The minimum absolute atomic E-state index is 0. The quantitative estimate of drug-likeness (QED) is 0.614. The molecule has 3 heteroatoms. The molecule has 1 atom stereocenters. The summed E-state index contributed by atoms with van der Waals surface area (Å²) in [6, 6.07) is 18.8. The van der Waals surface area contributed by atoms with Crippen LogP contribution in [-0.2, 0) is 17.1 Å². The molecular weight excluding hydrogens is 240 g/mol. The van der Waals surface area contributed by atoms with Gasteiger partial charge in [-0.25, -0.2) is 24.3 Å². The molecule has 0 spiro atoms. The van der Waals surface area contributed by atoms with E-state index in [-0.39, 0.29) is 17.1 Å². The fourth-order valence-electron chi connectivity index (χ4n) is 1.51. The first-order valence-electron chi connectivity index (χ1n) is 5.12. The average molecular weight is 254 g/mol. The molecule has 1 heterocycles. The monoisotopic (exact) mass is 254 g/mol. The van der Waals surface area contributed by atoms with E-state index in [1.54, 1.807) is 0 Å². The van der Waals surface area contributed by atoms with Gasteiger partial charge in [0.05, 0.1) is 0 Å². The standard InChI is InChI=1S/C8H9N2.C5H5.Fe/c1-2-4-7(3-1)8-5-6-9-10-8;1-2-4-5-3-1;/h1-4,6,8,10H,5H2;1-5H;/q2*-1;+2. The van der Waals surface area contributed by atoms with E-state index in [4.69, 9.17) is 0 Å². The fourth-order valence-corrected chi connectivity index (χ4v) is 1.51. The van der Waals surface area contributed by atoms with Crippen molar-refractivity contribution in [1.29, 1.82) is 0 Å². The molecule has 2 nitrogen and oxygen atoms in total. The second kappa shape index (κ2) is 7.04. The number of nitrogens with one attached hydrogen (secondary N) is 1. The Morgan fingerprint density at radius 2 is 1.81 bits per heavy atom. The van der Waals surface area contributed by atoms with Gasteiger partial charge in [-0.2, -0.15) is 35.4 Å². The van der Waals surface area contributed by atoms with Crippen LogP contribution in [0.25, 0.3) is 0 Å². The Kier molecular flexibility index (Phi) is 5.62. The van der Waals surface area contributed by atoms with Crippen LogP contribution < -0.4 is 5.43 Å². The molecule has 1 N–H and O–H groups in total. The van der Waals surface area contributed by atoms with Gasteiger partial charge in [-0.3, -0.25) is 0 Å². The third-order valence-corrected chi connectivity index (χ3v) is 2.31. The van der Waals surface area contributed by atoms with Gasteiger partial charge in [-0.05, 0) is 6.42 Å². The number of rotatable bonds is 1. The van der Waals surface area contributed by atoms with E-state index < -0.39 is 0 Å². The number of hydrogen-bond donors (Lipinski definition) is 1. The number of hydrogen-bond acceptors (Lipinski definition) is 2. The zero-order chi connectivity index (χ0) is 10.3. The molecule has 0 radical (unpaired) electrons. The smallest absolute Gasteiger partial charge is 0.314 e. The van der Waals surface area contributed by atoms with E-state index in [1.165, 1.54) is 5.56 Å². The van der Waals surface area contributed by atoms with Gasteiger partial charge in [0.2, 0.25) is 0 Å². The molecule has 2 aromatic rings. The first kappa shape index (κ1) is 12.8. The summed E-state index contributed by atoms with van der Waals surface area (Å²) in [5, 5.41) is 3.95. The van der Waals surface area contributed by atoms with Crippen LogP contribution >= 0.6 is 0 Å². The molecule has 0 aromatic heterocycles. The molecule has 1 unspecified atom stereocenters. The first-order valence-corrected chi connectivity index (χ1v) is 5.12. The molecule has 16 heavy (non-hydrogen) atoms. The van der Waals surface area contributed by atoms with Crippen molar-refractivity contribution in [1.82, 2.24) is 5.43 Å². The molecule has 2 aromatic carbocycles. The Morgan fingerprint density at radius 1 is 1.12 bits per heavy atom. The van der Waals surface area contributed by atoms with Crippen molar-refractivity contribution in [3.63, 3.8) is 0 Å². The van der Waals surface area contributed by atoms with Crippen molar-refractivity contribution < 1.29 is 17.1 Å². The van der Waals surface area contributed by atoms with Crippen LogP contribution in [0.15, 0.2) is 59.7 Å². The molecule has 0 amide bonds. The zero-order valence-corrected chi connectivity index (χ0v) is 9.96. The van der Waals surface area contributed by atoms with Crippen LogP contribution in [0.1, 0.15) is 18.0 Å². The molecule has 0 bridgehead atoms. The molecule has 0 fully saturated rings. The summed E-state index contributed by atoms with van der Waals surface area (Å²) < 4.78 is 0. The Labute approximate surface area is 107 Å². The Bertz CT molecular complexity index is 351. The molecule has 0 saturated carbocycles. The van der Waals surface area contributed by atoms with Crippen LogP contribution in [0.2, 0.25) is 0 Å². The van der Waals surface area contributed by atoms with Gasteiger partial charge >= 0.3 is 17.1 Å². The Hall–Kier alpha value is -1.31. The summed E-state index contributed by atoms with van der Waals surface area (Å²) >= 11 is 0. The summed E-state index contributed by atoms with van der Waals surface area (Å²) in [5.74, 6) is 0. The SMILES string of the molecule is C1=NNC([c-]2cccc2)C1.[Fe+2].c1cc[cH-]c1. The van der Waals surface area contributed by atoms with Crippen LogP contribution in [-0.4, -0.2) is 6.21 Å². The molecule has 0 aliphatic carbocycles. The summed E-state index contributed by atoms with van der Waals surface area (Å²) in [6.07, 6.45) is 2.93. The zero-order valence-electron chi connectivity index (χ0n) is 8.86. The summed E-state index contributed by atoms with van der Waals surface area (Å²) in [7, 11) is 0. The van der Waals surface area contributed by atoms with E-state index in [9.17, 15) is 0 Å². The van der Waals surface area contributed by atoms with Crippen LogP contribution in [0, 0.1) is 0 Å². The first-order chi connectivity index (χ1) is 7.47. The molecule has 1 aliphatic heterocycles. The van der Waals surface area contributed by atoms with Crippen molar-refractivity contribution in [2.45, 2.75) is 12.5 Å². The summed E-state index contributed by atoms with van der Waals surface area (Å²) in [4.78, 5) is 0. The van der Waals surface area contributed by atoms with Crippen molar-refractivity contribution in [3.05, 3.63) is 60.2 Å². The van der Waals surface area contributed by atoms with Gasteiger partial charge < -0.3 is 5.43 Å². The summed E-state index contributed by atoms with van der Waals surface area (Å²) in [6.45, 7) is 0. The molecule has 0 saturated heterocycles. The Balaban J connectivity index is 0.000000183. The van der Waals surface area contributed by atoms with Gasteiger partial charge in [-0.1, -0.05) is 0 Å². The maximum absolute atomic E-state index is 3.95. The van der Waals surface area contributed by atoms with Crippen LogP contribution in [0.3, 0.4) is 0 Å². The van der Waals surface area contributed by atoms with E-state index in [1.807, 2.05) is 36.5 Å².